The van der Waals surface area contributed by atoms with Gasteiger partial charge >= 0.3 is 0 Å². The van der Waals surface area contributed by atoms with E-state index in [1.54, 1.807) is 30.1 Å². The number of halogens is 1. The summed E-state index contributed by atoms with van der Waals surface area (Å²) in [5.41, 5.74) is 2.64. The third kappa shape index (κ3) is 3.48. The molecule has 2 aromatic rings. The summed E-state index contributed by atoms with van der Waals surface area (Å²) in [6.07, 6.45) is 0.335. The number of hydrogen-bond donors (Lipinski definition) is 0. The summed E-state index contributed by atoms with van der Waals surface area (Å²) in [7, 11) is 1.72. The highest BCUT2D eigenvalue weighted by Crippen LogP contribution is 2.22. The topological polar surface area (TPSA) is 20.3 Å². The van der Waals surface area contributed by atoms with Crippen molar-refractivity contribution in [1.82, 2.24) is 4.90 Å². The van der Waals surface area contributed by atoms with Gasteiger partial charge in [-0.05, 0) is 31.0 Å². The van der Waals surface area contributed by atoms with Crippen LogP contribution in [0.3, 0.4) is 0 Å². The lowest BCUT2D eigenvalue weighted by Gasteiger charge is -2.26. The number of benzene rings is 2. The van der Waals surface area contributed by atoms with E-state index in [9.17, 15) is 9.18 Å². The molecular formula is C18H20FNO. The van der Waals surface area contributed by atoms with Crippen LogP contribution in [0.15, 0.2) is 48.5 Å². The lowest BCUT2D eigenvalue weighted by atomic mass is 10.0. The second-order valence-electron chi connectivity index (χ2n) is 5.31. The summed E-state index contributed by atoms with van der Waals surface area (Å²) < 4.78 is 13.8. The summed E-state index contributed by atoms with van der Waals surface area (Å²) in [4.78, 5) is 14.0. The van der Waals surface area contributed by atoms with Gasteiger partial charge in [-0.15, -0.1) is 0 Å². The molecule has 2 aromatic carbocycles. The predicted molar refractivity (Wildman–Crippen MR) is 82.5 cm³/mol. The van der Waals surface area contributed by atoms with Crippen molar-refractivity contribution in [3.8, 4) is 0 Å². The maximum Gasteiger partial charge on any atom is 0.227 e. The van der Waals surface area contributed by atoms with Crippen molar-refractivity contribution in [3.05, 3.63) is 71.0 Å². The minimum atomic E-state index is -0.289. The van der Waals surface area contributed by atoms with Gasteiger partial charge in [-0.3, -0.25) is 4.79 Å². The van der Waals surface area contributed by atoms with Gasteiger partial charge in [0.05, 0.1) is 12.5 Å². The molecule has 0 heterocycles. The molecule has 1 atom stereocenters. The quantitative estimate of drug-likeness (QED) is 0.834. The highest BCUT2D eigenvalue weighted by molar-refractivity contribution is 5.79. The second-order valence-corrected chi connectivity index (χ2v) is 5.31. The van der Waals surface area contributed by atoms with Crippen LogP contribution < -0.4 is 0 Å². The van der Waals surface area contributed by atoms with E-state index in [2.05, 4.69) is 0 Å². The van der Waals surface area contributed by atoms with Crippen LogP contribution in [0.25, 0.3) is 0 Å². The first-order chi connectivity index (χ1) is 10.0. The number of nitrogens with zero attached hydrogens (tertiary/aromatic N) is 1. The molecule has 0 radical (unpaired) electrons. The SMILES string of the molecule is Cc1ccccc1CC(=O)N(C)C(C)c1ccccc1F. The fourth-order valence-electron chi connectivity index (χ4n) is 2.33. The summed E-state index contributed by atoms with van der Waals surface area (Å²) in [6, 6.07) is 14.1. The third-order valence-electron chi connectivity index (χ3n) is 3.93. The second kappa shape index (κ2) is 6.53. The number of amides is 1. The number of carbonyl (C=O) groups excluding carboxylic acids is 1. The zero-order chi connectivity index (χ0) is 15.4. The molecule has 0 fully saturated rings. The van der Waals surface area contributed by atoms with Crippen molar-refractivity contribution in [3.63, 3.8) is 0 Å². The molecule has 0 aliphatic rings. The zero-order valence-electron chi connectivity index (χ0n) is 12.6. The maximum absolute atomic E-state index is 13.8. The zero-order valence-corrected chi connectivity index (χ0v) is 12.6. The fraction of sp³-hybridized carbons (Fsp3) is 0.278. The van der Waals surface area contributed by atoms with Crippen LogP contribution in [-0.4, -0.2) is 17.9 Å². The Morgan fingerprint density at radius 3 is 2.43 bits per heavy atom. The first kappa shape index (κ1) is 15.2. The average Bonchev–Trinajstić information content (AvgIpc) is 2.48. The van der Waals surface area contributed by atoms with E-state index in [0.717, 1.165) is 11.1 Å². The normalized spacial score (nSPS) is 12.0. The molecule has 2 nitrogen and oxygen atoms in total. The van der Waals surface area contributed by atoms with E-state index in [-0.39, 0.29) is 17.8 Å². The molecule has 2 rings (SSSR count). The van der Waals surface area contributed by atoms with Crippen LogP contribution in [0.4, 0.5) is 4.39 Å². The van der Waals surface area contributed by atoms with E-state index < -0.39 is 0 Å². The minimum Gasteiger partial charge on any atom is -0.339 e. The lowest BCUT2D eigenvalue weighted by molar-refractivity contribution is -0.131. The summed E-state index contributed by atoms with van der Waals surface area (Å²) in [5, 5.41) is 0. The standard InChI is InChI=1S/C18H20FNO/c1-13-8-4-5-9-15(13)12-18(21)20(3)14(2)16-10-6-7-11-17(16)19/h4-11,14H,12H2,1-3H3. The van der Waals surface area contributed by atoms with Gasteiger partial charge < -0.3 is 4.90 Å². The van der Waals surface area contributed by atoms with E-state index in [1.807, 2.05) is 38.1 Å². The van der Waals surface area contributed by atoms with Crippen LogP contribution in [0.5, 0.6) is 0 Å². The van der Waals surface area contributed by atoms with Crippen LogP contribution in [0, 0.1) is 12.7 Å². The first-order valence-electron chi connectivity index (χ1n) is 7.05. The van der Waals surface area contributed by atoms with E-state index in [4.69, 9.17) is 0 Å². The summed E-state index contributed by atoms with van der Waals surface area (Å²) in [6.45, 7) is 3.83. The van der Waals surface area contributed by atoms with Gasteiger partial charge in [0.1, 0.15) is 5.82 Å². The molecule has 1 unspecified atom stereocenters. The summed E-state index contributed by atoms with van der Waals surface area (Å²) >= 11 is 0. The molecule has 0 aliphatic carbocycles. The number of likely N-dealkylation sites (N-methyl/N-ethyl adjacent to an activating group) is 1. The van der Waals surface area contributed by atoms with Crippen LogP contribution in [-0.2, 0) is 11.2 Å². The molecule has 0 aromatic heterocycles. The molecule has 0 bridgehead atoms. The van der Waals surface area contributed by atoms with E-state index in [0.29, 0.717) is 12.0 Å². The van der Waals surface area contributed by atoms with Crippen molar-refractivity contribution in [2.75, 3.05) is 7.05 Å². The van der Waals surface area contributed by atoms with Crippen molar-refractivity contribution in [2.24, 2.45) is 0 Å². The predicted octanol–water partition coefficient (Wildman–Crippen LogP) is 3.90. The maximum atomic E-state index is 13.8. The number of hydrogen-bond acceptors (Lipinski definition) is 1. The molecule has 0 saturated carbocycles. The molecule has 21 heavy (non-hydrogen) atoms. The van der Waals surface area contributed by atoms with E-state index >= 15 is 0 Å². The van der Waals surface area contributed by atoms with Crippen molar-refractivity contribution < 1.29 is 9.18 Å². The average molecular weight is 285 g/mol. The molecule has 0 saturated heterocycles. The molecule has 0 N–H and O–H groups in total. The Labute approximate surface area is 125 Å². The van der Waals surface area contributed by atoms with E-state index in [1.165, 1.54) is 6.07 Å². The highest BCUT2D eigenvalue weighted by Gasteiger charge is 2.20. The number of aryl methyl sites for hydroxylation is 1. The fourth-order valence-corrected chi connectivity index (χ4v) is 2.33. The van der Waals surface area contributed by atoms with Gasteiger partial charge in [-0.2, -0.15) is 0 Å². The van der Waals surface area contributed by atoms with Gasteiger partial charge in [0.15, 0.2) is 0 Å². The Kier molecular flexibility index (Phi) is 4.73. The van der Waals surface area contributed by atoms with Crippen molar-refractivity contribution in [1.29, 1.82) is 0 Å². The Morgan fingerprint density at radius 2 is 1.76 bits per heavy atom. The molecule has 0 aliphatic heterocycles. The highest BCUT2D eigenvalue weighted by atomic mass is 19.1. The smallest absolute Gasteiger partial charge is 0.227 e. The largest absolute Gasteiger partial charge is 0.339 e. The van der Waals surface area contributed by atoms with Gasteiger partial charge in [0, 0.05) is 12.6 Å². The Bertz CT molecular complexity index is 639. The van der Waals surface area contributed by atoms with Gasteiger partial charge in [-0.25, -0.2) is 4.39 Å². The molecule has 1 amide bonds. The van der Waals surface area contributed by atoms with Crippen LogP contribution in [0.2, 0.25) is 0 Å². The lowest BCUT2D eigenvalue weighted by Crippen LogP contribution is -2.31. The third-order valence-corrected chi connectivity index (χ3v) is 3.93. The van der Waals surface area contributed by atoms with Crippen molar-refractivity contribution in [2.45, 2.75) is 26.3 Å². The van der Waals surface area contributed by atoms with Crippen LogP contribution >= 0.6 is 0 Å². The van der Waals surface area contributed by atoms with Crippen LogP contribution in [0.1, 0.15) is 29.7 Å². The monoisotopic (exact) mass is 285 g/mol. The molecule has 110 valence electrons. The number of carbonyl (C=O) groups is 1. The van der Waals surface area contributed by atoms with Gasteiger partial charge in [-0.1, -0.05) is 42.5 Å². The van der Waals surface area contributed by atoms with Gasteiger partial charge in [0.2, 0.25) is 5.91 Å². The molecule has 3 heteroatoms. The summed E-state index contributed by atoms with van der Waals surface area (Å²) in [5.74, 6) is -0.291. The Balaban J connectivity index is 2.13. The molecule has 0 spiro atoms. The molecular weight excluding hydrogens is 265 g/mol. The minimum absolute atomic E-state index is 0.0138. The Morgan fingerprint density at radius 1 is 1.14 bits per heavy atom. The van der Waals surface area contributed by atoms with Crippen molar-refractivity contribution >= 4 is 5.91 Å². The number of rotatable bonds is 4. The Hall–Kier alpha value is -2.16. The first-order valence-corrected chi connectivity index (χ1v) is 7.05. The van der Waals surface area contributed by atoms with Gasteiger partial charge in [0.25, 0.3) is 0 Å².